The minimum atomic E-state index is -1.42. The first-order chi connectivity index (χ1) is 9.67. The number of nitrogens with one attached hydrogen (secondary N) is 1. The van der Waals surface area contributed by atoms with Gasteiger partial charge in [0.05, 0.1) is 0 Å². The monoisotopic (exact) mass is 281 g/mol. The predicted octanol–water partition coefficient (Wildman–Crippen LogP) is -0.0705. The minimum Gasteiger partial charge on any atom is -0.466 e. The number of nitrogens with zero attached hydrogens (tertiary/aromatic N) is 4. The first-order valence-electron chi connectivity index (χ1n) is 5.85. The molecule has 1 saturated heterocycles. The lowest BCUT2D eigenvalue weighted by molar-refractivity contribution is -0.0120. The summed E-state index contributed by atoms with van der Waals surface area (Å²) < 4.78 is 19.2. The van der Waals surface area contributed by atoms with Crippen molar-refractivity contribution in [2.75, 3.05) is 12.4 Å². The molecule has 1 aliphatic heterocycles. The summed E-state index contributed by atoms with van der Waals surface area (Å²) in [4.78, 5) is 12.2. The van der Waals surface area contributed by atoms with Crippen molar-refractivity contribution in [3.63, 3.8) is 0 Å². The van der Waals surface area contributed by atoms with E-state index in [1.54, 1.807) is 7.05 Å². The van der Waals surface area contributed by atoms with E-state index in [0.717, 1.165) is 0 Å². The Bertz CT molecular complexity index is 673. The summed E-state index contributed by atoms with van der Waals surface area (Å²) in [7, 11) is 1.69. The molecule has 0 aliphatic carbocycles. The molecule has 106 valence electrons. The van der Waals surface area contributed by atoms with Crippen LogP contribution in [-0.4, -0.2) is 49.0 Å². The third kappa shape index (κ3) is 1.71. The lowest BCUT2D eigenvalue weighted by atomic mass is 10.2. The van der Waals surface area contributed by atoms with Crippen LogP contribution >= 0.6 is 0 Å². The van der Waals surface area contributed by atoms with Gasteiger partial charge < -0.3 is 20.3 Å². The Morgan fingerprint density at radius 3 is 2.85 bits per heavy atom. The summed E-state index contributed by atoms with van der Waals surface area (Å²) in [5.41, 5.74) is 0.888. The fourth-order valence-electron chi connectivity index (χ4n) is 2.14. The number of aliphatic hydroxyl groups excluding tert-OH is 2. The van der Waals surface area contributed by atoms with E-state index in [9.17, 15) is 14.6 Å². The molecule has 0 unspecified atom stereocenters. The Hall–Kier alpha value is -2.26. The van der Waals surface area contributed by atoms with E-state index in [2.05, 4.69) is 20.3 Å². The number of rotatable bonds is 2. The third-order valence-corrected chi connectivity index (χ3v) is 3.14. The normalized spacial score (nSPS) is 28.0. The highest BCUT2D eigenvalue weighted by Crippen LogP contribution is 2.34. The average molecular weight is 281 g/mol. The molecule has 9 heteroatoms. The van der Waals surface area contributed by atoms with Crippen LogP contribution in [0.25, 0.3) is 11.2 Å². The highest BCUT2D eigenvalue weighted by atomic mass is 19.1. The standard InChI is InChI=1S/C11H12FN5O3/c1-13-9-6-10(15-3-14-9)17(4-16-6)11-8(19)7(18)5(2-12)20-11/h2-4,7-8,11,18-19H,1H3,(H,13,14,15)/t7-,8-,11-/m1/s1. The lowest BCUT2D eigenvalue weighted by Gasteiger charge is -2.15. The highest BCUT2D eigenvalue weighted by molar-refractivity contribution is 5.82. The van der Waals surface area contributed by atoms with Crippen LogP contribution < -0.4 is 5.32 Å². The van der Waals surface area contributed by atoms with Crippen molar-refractivity contribution in [2.45, 2.75) is 18.4 Å². The van der Waals surface area contributed by atoms with E-state index in [0.29, 0.717) is 17.0 Å². The average Bonchev–Trinajstić information content (AvgIpc) is 3.01. The van der Waals surface area contributed by atoms with Gasteiger partial charge in [-0.05, 0) is 0 Å². The van der Waals surface area contributed by atoms with E-state index in [1.165, 1.54) is 17.2 Å². The smallest absolute Gasteiger partial charge is 0.207 e. The van der Waals surface area contributed by atoms with Gasteiger partial charge in [-0.15, -0.1) is 0 Å². The van der Waals surface area contributed by atoms with Gasteiger partial charge in [-0.1, -0.05) is 0 Å². The van der Waals surface area contributed by atoms with Crippen LogP contribution in [-0.2, 0) is 4.74 Å². The summed E-state index contributed by atoms with van der Waals surface area (Å²) in [6.07, 6.45) is -0.897. The zero-order chi connectivity index (χ0) is 14.3. The molecular formula is C11H12FN5O3. The van der Waals surface area contributed by atoms with Crippen molar-refractivity contribution in [2.24, 2.45) is 0 Å². The minimum absolute atomic E-state index is 0.126. The van der Waals surface area contributed by atoms with Crippen LogP contribution in [0.4, 0.5) is 10.2 Å². The Kier molecular flexibility index (Phi) is 2.99. The SMILES string of the molecule is CNc1ncnc2c1ncn2[C@@H]1OC(=CF)[C@@H](O)[C@H]1O. The molecule has 1 fully saturated rings. The third-order valence-electron chi connectivity index (χ3n) is 3.14. The zero-order valence-corrected chi connectivity index (χ0v) is 10.4. The van der Waals surface area contributed by atoms with Crippen molar-refractivity contribution in [1.29, 1.82) is 0 Å². The van der Waals surface area contributed by atoms with Gasteiger partial charge in [0.15, 0.2) is 22.7 Å². The van der Waals surface area contributed by atoms with Gasteiger partial charge in [-0.25, -0.2) is 19.3 Å². The summed E-state index contributed by atoms with van der Waals surface area (Å²) in [6.45, 7) is 0. The maximum absolute atomic E-state index is 12.6. The van der Waals surface area contributed by atoms with Crippen LogP contribution in [0.15, 0.2) is 24.7 Å². The van der Waals surface area contributed by atoms with Crippen LogP contribution in [0.3, 0.4) is 0 Å². The van der Waals surface area contributed by atoms with Gasteiger partial charge in [0.2, 0.25) is 6.23 Å². The van der Waals surface area contributed by atoms with Gasteiger partial charge >= 0.3 is 0 Å². The molecule has 2 aromatic heterocycles. The molecule has 2 aromatic rings. The molecule has 0 bridgehead atoms. The number of aromatic nitrogens is 4. The molecule has 8 nitrogen and oxygen atoms in total. The van der Waals surface area contributed by atoms with Gasteiger partial charge in [-0.2, -0.15) is 0 Å². The summed E-state index contributed by atoms with van der Waals surface area (Å²) in [6, 6.07) is 0. The number of halogens is 1. The maximum atomic E-state index is 12.6. The van der Waals surface area contributed by atoms with Gasteiger partial charge in [0.25, 0.3) is 0 Å². The van der Waals surface area contributed by atoms with Gasteiger partial charge in [-0.3, -0.25) is 4.57 Å². The van der Waals surface area contributed by atoms with Gasteiger partial charge in [0.1, 0.15) is 31.2 Å². The number of anilines is 1. The summed E-state index contributed by atoms with van der Waals surface area (Å²) in [5, 5.41) is 22.4. The molecular weight excluding hydrogens is 269 g/mol. The molecule has 3 atom stereocenters. The van der Waals surface area contributed by atoms with E-state index >= 15 is 0 Å². The van der Waals surface area contributed by atoms with Crippen LogP contribution in [0.5, 0.6) is 0 Å². The molecule has 3 N–H and O–H groups in total. The molecule has 3 rings (SSSR count). The van der Waals surface area contributed by atoms with Crippen molar-refractivity contribution < 1.29 is 19.3 Å². The Morgan fingerprint density at radius 2 is 2.20 bits per heavy atom. The Morgan fingerprint density at radius 1 is 1.40 bits per heavy atom. The molecule has 1 aliphatic rings. The maximum Gasteiger partial charge on any atom is 0.207 e. The van der Waals surface area contributed by atoms with Crippen molar-refractivity contribution >= 4 is 17.0 Å². The fourth-order valence-corrected chi connectivity index (χ4v) is 2.14. The second kappa shape index (κ2) is 4.69. The first-order valence-corrected chi connectivity index (χ1v) is 5.85. The number of fused-ring (bicyclic) bond motifs is 1. The second-order valence-corrected chi connectivity index (χ2v) is 4.25. The number of hydrogen-bond acceptors (Lipinski definition) is 7. The topological polar surface area (TPSA) is 105 Å². The van der Waals surface area contributed by atoms with Crippen LogP contribution in [0, 0.1) is 0 Å². The van der Waals surface area contributed by atoms with Crippen LogP contribution in [0.2, 0.25) is 0 Å². The number of aliphatic hydroxyl groups is 2. The highest BCUT2D eigenvalue weighted by Gasteiger charge is 2.41. The predicted molar refractivity (Wildman–Crippen MR) is 66.2 cm³/mol. The number of hydrogen-bond donors (Lipinski definition) is 3. The van der Waals surface area contributed by atoms with Crippen molar-refractivity contribution in [3.05, 3.63) is 24.7 Å². The summed E-state index contributed by atoms with van der Waals surface area (Å²) >= 11 is 0. The largest absolute Gasteiger partial charge is 0.466 e. The number of imidazole rings is 1. The van der Waals surface area contributed by atoms with E-state index in [1.807, 2.05) is 0 Å². The fraction of sp³-hybridized carbons (Fsp3) is 0.364. The van der Waals surface area contributed by atoms with E-state index in [4.69, 9.17) is 4.74 Å². The molecule has 20 heavy (non-hydrogen) atoms. The number of ether oxygens (including phenoxy) is 1. The van der Waals surface area contributed by atoms with E-state index in [-0.39, 0.29) is 12.1 Å². The molecule has 0 aromatic carbocycles. The molecule has 3 heterocycles. The molecule has 0 amide bonds. The molecule has 0 spiro atoms. The van der Waals surface area contributed by atoms with Gasteiger partial charge in [0, 0.05) is 7.05 Å². The van der Waals surface area contributed by atoms with Crippen LogP contribution in [0.1, 0.15) is 6.23 Å². The van der Waals surface area contributed by atoms with Crippen molar-refractivity contribution in [3.8, 4) is 0 Å². The Balaban J connectivity index is 2.08. The molecule has 0 radical (unpaired) electrons. The Labute approximate surface area is 112 Å². The van der Waals surface area contributed by atoms with E-state index < -0.39 is 18.4 Å². The lowest BCUT2D eigenvalue weighted by Crippen LogP contribution is -2.27. The summed E-state index contributed by atoms with van der Waals surface area (Å²) in [5.74, 6) is 0.190. The second-order valence-electron chi connectivity index (χ2n) is 4.25. The van der Waals surface area contributed by atoms with Crippen molar-refractivity contribution in [1.82, 2.24) is 19.5 Å². The zero-order valence-electron chi connectivity index (χ0n) is 10.4. The quantitative estimate of drug-likeness (QED) is 0.707. The molecule has 0 saturated carbocycles. The first kappa shape index (κ1) is 12.8.